The van der Waals surface area contributed by atoms with E-state index in [4.69, 9.17) is 15.6 Å². The van der Waals surface area contributed by atoms with Gasteiger partial charge in [0.1, 0.15) is 0 Å². The number of ether oxygens (including phenoxy) is 1. The number of rotatable bonds is 5. The lowest BCUT2D eigenvalue weighted by Gasteiger charge is -2.29. The Bertz CT molecular complexity index is 168. The maximum atomic E-state index is 9.02. The summed E-state index contributed by atoms with van der Waals surface area (Å²) in [5.41, 5.74) is 5.35. The van der Waals surface area contributed by atoms with Crippen LogP contribution >= 0.6 is 0 Å². The summed E-state index contributed by atoms with van der Waals surface area (Å²) < 4.78 is 5.53. The van der Waals surface area contributed by atoms with E-state index < -0.39 is 5.54 Å². The van der Waals surface area contributed by atoms with Crippen LogP contribution in [0.1, 0.15) is 19.8 Å². The van der Waals surface area contributed by atoms with Gasteiger partial charge in [-0.15, -0.1) is 0 Å². The summed E-state index contributed by atoms with van der Waals surface area (Å²) in [5, 5.41) is 9.02. The highest BCUT2D eigenvalue weighted by Gasteiger charge is 2.23. The first-order chi connectivity index (χ1) is 6.53. The van der Waals surface area contributed by atoms with Crippen LogP contribution in [0.25, 0.3) is 0 Å². The first-order valence-corrected chi connectivity index (χ1v) is 5.23. The number of likely N-dealkylation sites (N-methyl/N-ethyl adjacent to an activating group) is 1. The molecule has 0 amide bonds. The molecule has 4 nitrogen and oxygen atoms in total. The summed E-state index contributed by atoms with van der Waals surface area (Å²) in [6.07, 6.45) is 2.66. The lowest BCUT2D eigenvalue weighted by atomic mass is 10.1. The molecule has 2 atom stereocenters. The fourth-order valence-electron chi connectivity index (χ4n) is 1.87. The molecule has 1 aliphatic rings. The van der Waals surface area contributed by atoms with Crippen molar-refractivity contribution in [3.8, 4) is 0 Å². The summed E-state index contributed by atoms with van der Waals surface area (Å²) >= 11 is 0. The Labute approximate surface area is 86.0 Å². The lowest BCUT2D eigenvalue weighted by Crippen LogP contribution is -2.50. The number of aliphatic hydroxyl groups excluding tert-OH is 1. The quantitative estimate of drug-likeness (QED) is 0.648. The van der Waals surface area contributed by atoms with Gasteiger partial charge in [-0.1, -0.05) is 0 Å². The molecule has 0 spiro atoms. The van der Waals surface area contributed by atoms with Crippen molar-refractivity contribution in [2.75, 3.05) is 33.4 Å². The molecular formula is C10H22N2O2. The van der Waals surface area contributed by atoms with E-state index in [1.54, 1.807) is 0 Å². The number of aliphatic hydroxyl groups is 1. The van der Waals surface area contributed by atoms with Gasteiger partial charge in [-0.3, -0.25) is 0 Å². The second-order valence-electron chi connectivity index (χ2n) is 4.64. The average molecular weight is 202 g/mol. The minimum absolute atomic E-state index is 0.0167. The zero-order valence-electron chi connectivity index (χ0n) is 9.20. The van der Waals surface area contributed by atoms with Crippen LogP contribution in [0.3, 0.4) is 0 Å². The average Bonchev–Trinajstić information content (AvgIpc) is 2.55. The van der Waals surface area contributed by atoms with Gasteiger partial charge >= 0.3 is 0 Å². The van der Waals surface area contributed by atoms with Gasteiger partial charge < -0.3 is 20.5 Å². The molecule has 0 aromatic rings. The summed E-state index contributed by atoms with van der Waals surface area (Å²) in [7, 11) is 2.02. The minimum Gasteiger partial charge on any atom is -0.394 e. The van der Waals surface area contributed by atoms with Crippen LogP contribution in [0.2, 0.25) is 0 Å². The first kappa shape index (κ1) is 11.9. The fraction of sp³-hybridized carbons (Fsp3) is 1.00. The Morgan fingerprint density at radius 1 is 1.64 bits per heavy atom. The molecule has 1 fully saturated rings. The van der Waals surface area contributed by atoms with Crippen molar-refractivity contribution in [2.45, 2.75) is 31.4 Å². The van der Waals surface area contributed by atoms with Crippen LogP contribution in [0.4, 0.5) is 0 Å². The van der Waals surface area contributed by atoms with E-state index in [1.807, 2.05) is 14.0 Å². The topological polar surface area (TPSA) is 58.7 Å². The highest BCUT2D eigenvalue weighted by molar-refractivity contribution is 4.82. The molecule has 4 heteroatoms. The maximum absolute atomic E-state index is 9.02. The number of hydrogen-bond donors (Lipinski definition) is 2. The van der Waals surface area contributed by atoms with Crippen LogP contribution in [0, 0.1) is 0 Å². The lowest BCUT2D eigenvalue weighted by molar-refractivity contribution is 0.0693. The van der Waals surface area contributed by atoms with Gasteiger partial charge in [0, 0.05) is 25.2 Å². The molecule has 14 heavy (non-hydrogen) atoms. The van der Waals surface area contributed by atoms with Crippen molar-refractivity contribution in [2.24, 2.45) is 5.73 Å². The number of nitrogens with zero attached hydrogens (tertiary/aromatic N) is 1. The molecule has 0 aliphatic carbocycles. The predicted octanol–water partition coefficient (Wildman–Crippen LogP) is -0.193. The van der Waals surface area contributed by atoms with Crippen molar-refractivity contribution >= 4 is 0 Å². The number of hydrogen-bond acceptors (Lipinski definition) is 4. The monoisotopic (exact) mass is 202 g/mol. The van der Waals surface area contributed by atoms with Crippen LogP contribution in [0.5, 0.6) is 0 Å². The van der Waals surface area contributed by atoms with E-state index in [1.165, 1.54) is 6.42 Å². The predicted molar refractivity (Wildman–Crippen MR) is 56.1 cm³/mol. The highest BCUT2D eigenvalue weighted by atomic mass is 16.5. The third-order valence-corrected chi connectivity index (χ3v) is 2.53. The standard InChI is InChI=1S/C10H22N2O2/c1-10(11,8-13)7-12(2)6-9-4-3-5-14-9/h9,13H,3-8,11H2,1-2H3. The normalized spacial score (nSPS) is 26.8. The van der Waals surface area contributed by atoms with Gasteiger partial charge in [0.05, 0.1) is 12.7 Å². The van der Waals surface area contributed by atoms with Crippen LogP contribution in [0.15, 0.2) is 0 Å². The van der Waals surface area contributed by atoms with Crippen molar-refractivity contribution in [3.05, 3.63) is 0 Å². The zero-order chi connectivity index (χ0) is 10.6. The summed E-state index contributed by atoms with van der Waals surface area (Å²) in [4.78, 5) is 2.13. The molecule has 0 saturated carbocycles. The molecule has 1 rings (SSSR count). The van der Waals surface area contributed by atoms with E-state index in [-0.39, 0.29) is 6.61 Å². The van der Waals surface area contributed by atoms with E-state index >= 15 is 0 Å². The molecular weight excluding hydrogens is 180 g/mol. The van der Waals surface area contributed by atoms with Gasteiger partial charge in [-0.05, 0) is 26.8 Å². The van der Waals surface area contributed by atoms with Crippen molar-refractivity contribution in [3.63, 3.8) is 0 Å². The molecule has 0 bridgehead atoms. The Morgan fingerprint density at radius 3 is 2.86 bits per heavy atom. The molecule has 0 aromatic heterocycles. The Balaban J connectivity index is 2.23. The van der Waals surface area contributed by atoms with Crippen molar-refractivity contribution in [1.29, 1.82) is 0 Å². The maximum Gasteiger partial charge on any atom is 0.0702 e. The van der Waals surface area contributed by atoms with Crippen LogP contribution in [-0.2, 0) is 4.74 Å². The Morgan fingerprint density at radius 2 is 2.36 bits per heavy atom. The van der Waals surface area contributed by atoms with Crippen molar-refractivity contribution < 1.29 is 9.84 Å². The number of nitrogens with two attached hydrogens (primary N) is 1. The second kappa shape index (κ2) is 5.07. The Hall–Kier alpha value is -0.160. The third-order valence-electron chi connectivity index (χ3n) is 2.53. The largest absolute Gasteiger partial charge is 0.394 e. The Kier molecular flexibility index (Phi) is 4.31. The smallest absolute Gasteiger partial charge is 0.0702 e. The fourth-order valence-corrected chi connectivity index (χ4v) is 1.87. The second-order valence-corrected chi connectivity index (χ2v) is 4.64. The SMILES string of the molecule is CN(CC1CCCO1)CC(C)(N)CO. The van der Waals surface area contributed by atoms with Crippen LogP contribution < -0.4 is 5.73 Å². The molecule has 84 valence electrons. The van der Waals surface area contributed by atoms with Gasteiger partial charge in [0.15, 0.2) is 0 Å². The molecule has 1 saturated heterocycles. The van der Waals surface area contributed by atoms with Gasteiger partial charge in [-0.2, -0.15) is 0 Å². The molecule has 1 heterocycles. The molecule has 0 aromatic carbocycles. The summed E-state index contributed by atoms with van der Waals surface area (Å²) in [6, 6.07) is 0. The third kappa shape index (κ3) is 3.92. The van der Waals surface area contributed by atoms with E-state index in [0.717, 1.165) is 19.6 Å². The summed E-state index contributed by atoms with van der Waals surface area (Å²) in [5.74, 6) is 0. The molecule has 0 radical (unpaired) electrons. The molecule has 2 unspecified atom stereocenters. The van der Waals surface area contributed by atoms with Gasteiger partial charge in [0.2, 0.25) is 0 Å². The molecule has 3 N–H and O–H groups in total. The van der Waals surface area contributed by atoms with E-state index in [0.29, 0.717) is 12.6 Å². The van der Waals surface area contributed by atoms with E-state index in [2.05, 4.69) is 4.90 Å². The van der Waals surface area contributed by atoms with Gasteiger partial charge in [-0.25, -0.2) is 0 Å². The van der Waals surface area contributed by atoms with Gasteiger partial charge in [0.25, 0.3) is 0 Å². The zero-order valence-corrected chi connectivity index (χ0v) is 9.20. The first-order valence-electron chi connectivity index (χ1n) is 5.23. The van der Waals surface area contributed by atoms with Crippen LogP contribution in [-0.4, -0.2) is 55.0 Å². The molecule has 1 aliphatic heterocycles. The minimum atomic E-state index is -0.507. The van der Waals surface area contributed by atoms with E-state index in [9.17, 15) is 0 Å². The highest BCUT2D eigenvalue weighted by Crippen LogP contribution is 2.13. The summed E-state index contributed by atoms with van der Waals surface area (Å²) in [6.45, 7) is 4.37. The van der Waals surface area contributed by atoms with Crippen molar-refractivity contribution in [1.82, 2.24) is 4.90 Å².